The third-order valence-electron chi connectivity index (χ3n) is 3.14. The highest BCUT2D eigenvalue weighted by Gasteiger charge is 2.33. The summed E-state index contributed by atoms with van der Waals surface area (Å²) in [6.07, 6.45) is -0.660. The smallest absolute Gasteiger partial charge is 0.394 e. The molecule has 0 unspecified atom stereocenters. The molecule has 0 saturated heterocycles. The minimum atomic E-state index is -4.58. The van der Waals surface area contributed by atoms with Gasteiger partial charge in [-0.25, -0.2) is 4.98 Å². The summed E-state index contributed by atoms with van der Waals surface area (Å²) in [4.78, 5) is 11.4. The monoisotopic (exact) mass is 341 g/mol. The predicted molar refractivity (Wildman–Crippen MR) is 83.6 cm³/mol. The summed E-state index contributed by atoms with van der Waals surface area (Å²) < 4.78 is 38.9. The van der Waals surface area contributed by atoms with Gasteiger partial charge in [-0.2, -0.15) is 18.2 Å². The Morgan fingerprint density at radius 3 is 2.54 bits per heavy atom. The molecule has 0 bridgehead atoms. The molecule has 0 aliphatic carbocycles. The van der Waals surface area contributed by atoms with Crippen molar-refractivity contribution in [2.75, 3.05) is 23.8 Å². The number of nitrogens with one attached hydrogen (secondary N) is 2. The van der Waals surface area contributed by atoms with Gasteiger partial charge in [-0.3, -0.25) is 4.98 Å². The van der Waals surface area contributed by atoms with E-state index in [9.17, 15) is 13.2 Å². The normalized spacial score (nSPS) is 12.7. The van der Waals surface area contributed by atoms with E-state index in [0.717, 1.165) is 11.6 Å². The van der Waals surface area contributed by atoms with Gasteiger partial charge in [0.25, 0.3) is 0 Å². The Bertz CT molecular complexity index is 651. The number of aliphatic hydroxyl groups is 1. The predicted octanol–water partition coefficient (Wildman–Crippen LogP) is 2.34. The first-order chi connectivity index (χ1) is 11.4. The van der Waals surface area contributed by atoms with Gasteiger partial charge in [-0.1, -0.05) is 0 Å². The van der Waals surface area contributed by atoms with Crippen LogP contribution in [0, 0.1) is 0 Å². The van der Waals surface area contributed by atoms with Crippen LogP contribution in [0.1, 0.15) is 18.2 Å². The van der Waals surface area contributed by atoms with Crippen LogP contribution >= 0.6 is 0 Å². The van der Waals surface area contributed by atoms with Gasteiger partial charge in [0.1, 0.15) is 5.82 Å². The largest absolute Gasteiger partial charge is 0.433 e. The maximum atomic E-state index is 13.0. The van der Waals surface area contributed by atoms with Gasteiger partial charge in [0.05, 0.1) is 6.61 Å². The summed E-state index contributed by atoms with van der Waals surface area (Å²) in [7, 11) is 0. The molecule has 2 aromatic heterocycles. The fraction of sp³-hybridized carbons (Fsp3) is 0.400. The number of aliphatic hydroxyl groups excluding tert-OH is 1. The lowest BCUT2D eigenvalue weighted by atomic mass is 10.2. The summed E-state index contributed by atoms with van der Waals surface area (Å²) in [5, 5.41) is 14.5. The lowest BCUT2D eigenvalue weighted by molar-refractivity contribution is -0.141. The summed E-state index contributed by atoms with van der Waals surface area (Å²) in [6, 6.07) is 4.07. The molecule has 130 valence electrons. The Kier molecular flexibility index (Phi) is 5.91. The molecule has 0 aliphatic heterocycles. The molecule has 3 N–H and O–H groups in total. The number of halogens is 3. The molecule has 2 heterocycles. The Labute approximate surface area is 137 Å². The molecule has 9 heteroatoms. The number of anilines is 2. The zero-order chi connectivity index (χ0) is 17.6. The number of hydrogen-bond donors (Lipinski definition) is 3. The van der Waals surface area contributed by atoms with Gasteiger partial charge >= 0.3 is 6.18 Å². The minimum Gasteiger partial charge on any atom is -0.394 e. The van der Waals surface area contributed by atoms with E-state index in [1.165, 1.54) is 0 Å². The van der Waals surface area contributed by atoms with E-state index in [-0.39, 0.29) is 18.4 Å². The number of nitrogens with zero attached hydrogens (tertiary/aromatic N) is 3. The maximum Gasteiger partial charge on any atom is 0.433 e. The van der Waals surface area contributed by atoms with Crippen molar-refractivity contribution < 1.29 is 18.3 Å². The molecule has 0 aliphatic rings. The highest BCUT2D eigenvalue weighted by atomic mass is 19.4. The number of alkyl halides is 3. The van der Waals surface area contributed by atoms with Crippen LogP contribution in [0.5, 0.6) is 0 Å². The molecular weight excluding hydrogens is 323 g/mol. The van der Waals surface area contributed by atoms with E-state index in [1.54, 1.807) is 19.3 Å². The summed E-state index contributed by atoms with van der Waals surface area (Å²) in [6.45, 7) is 1.78. The van der Waals surface area contributed by atoms with Gasteiger partial charge < -0.3 is 15.7 Å². The van der Waals surface area contributed by atoms with Crippen LogP contribution in [0.2, 0.25) is 0 Å². The second kappa shape index (κ2) is 7.91. The van der Waals surface area contributed by atoms with Crippen molar-refractivity contribution in [2.45, 2.75) is 25.6 Å². The molecule has 0 aromatic carbocycles. The zero-order valence-electron chi connectivity index (χ0n) is 13.0. The fourth-order valence-electron chi connectivity index (χ4n) is 1.90. The van der Waals surface area contributed by atoms with Gasteiger partial charge in [0.15, 0.2) is 5.69 Å². The van der Waals surface area contributed by atoms with Crippen molar-refractivity contribution in [3.63, 3.8) is 0 Å². The van der Waals surface area contributed by atoms with Crippen LogP contribution in [0.15, 0.2) is 30.6 Å². The van der Waals surface area contributed by atoms with E-state index >= 15 is 0 Å². The van der Waals surface area contributed by atoms with Gasteiger partial charge in [-0.05, 0) is 31.0 Å². The summed E-state index contributed by atoms with van der Waals surface area (Å²) >= 11 is 0. The Balaban J connectivity index is 2.10. The van der Waals surface area contributed by atoms with Crippen LogP contribution < -0.4 is 10.6 Å². The van der Waals surface area contributed by atoms with Crippen molar-refractivity contribution in [3.8, 4) is 0 Å². The van der Waals surface area contributed by atoms with Crippen molar-refractivity contribution in [1.82, 2.24) is 15.0 Å². The van der Waals surface area contributed by atoms with E-state index < -0.39 is 17.9 Å². The van der Waals surface area contributed by atoms with Crippen molar-refractivity contribution in [3.05, 3.63) is 41.9 Å². The van der Waals surface area contributed by atoms with Crippen LogP contribution in [0.25, 0.3) is 0 Å². The summed E-state index contributed by atoms with van der Waals surface area (Å²) in [5.41, 5.74) is -0.0357. The lowest BCUT2D eigenvalue weighted by Crippen LogP contribution is -2.22. The van der Waals surface area contributed by atoms with Gasteiger partial charge in [-0.15, -0.1) is 0 Å². The van der Waals surface area contributed by atoms with Crippen molar-refractivity contribution >= 4 is 11.8 Å². The van der Waals surface area contributed by atoms with E-state index in [1.807, 2.05) is 12.1 Å². The Morgan fingerprint density at radius 2 is 1.92 bits per heavy atom. The molecule has 1 atom stereocenters. The molecule has 0 saturated carbocycles. The molecule has 6 nitrogen and oxygen atoms in total. The van der Waals surface area contributed by atoms with Gasteiger partial charge in [0.2, 0.25) is 5.95 Å². The Hall–Kier alpha value is -2.42. The minimum absolute atomic E-state index is 0.0685. The van der Waals surface area contributed by atoms with E-state index in [2.05, 4.69) is 25.6 Å². The first-order valence-electron chi connectivity index (χ1n) is 7.35. The number of pyridine rings is 1. The second-order valence-electron chi connectivity index (χ2n) is 5.22. The number of hydrogen-bond acceptors (Lipinski definition) is 6. The molecule has 24 heavy (non-hydrogen) atoms. The van der Waals surface area contributed by atoms with Crippen LogP contribution in [0.4, 0.5) is 24.9 Å². The highest BCUT2D eigenvalue weighted by molar-refractivity contribution is 5.43. The van der Waals surface area contributed by atoms with E-state index in [0.29, 0.717) is 13.0 Å². The van der Waals surface area contributed by atoms with Crippen LogP contribution in [0.3, 0.4) is 0 Å². The SMILES string of the molecule is C[C@H](CO)Nc1nc(NCCc2ccncc2)cc(C(F)(F)F)n1. The first kappa shape index (κ1) is 17.9. The third-order valence-corrected chi connectivity index (χ3v) is 3.14. The second-order valence-corrected chi connectivity index (χ2v) is 5.22. The Morgan fingerprint density at radius 1 is 1.21 bits per heavy atom. The molecule has 0 amide bonds. The number of aromatic nitrogens is 3. The molecule has 2 rings (SSSR count). The lowest BCUT2D eigenvalue weighted by Gasteiger charge is -2.15. The van der Waals surface area contributed by atoms with E-state index in [4.69, 9.17) is 5.11 Å². The first-order valence-corrected chi connectivity index (χ1v) is 7.35. The molecular formula is C15H18F3N5O. The average Bonchev–Trinajstić information content (AvgIpc) is 2.55. The fourth-order valence-corrected chi connectivity index (χ4v) is 1.90. The third kappa shape index (κ3) is 5.34. The van der Waals surface area contributed by atoms with Crippen LogP contribution in [-0.2, 0) is 12.6 Å². The van der Waals surface area contributed by atoms with Crippen molar-refractivity contribution in [1.29, 1.82) is 0 Å². The molecule has 0 radical (unpaired) electrons. The average molecular weight is 341 g/mol. The standard InChI is InChI=1S/C15H18F3N5O/c1-10(9-24)21-14-22-12(15(16,17)18)8-13(23-14)20-7-4-11-2-5-19-6-3-11/h2-3,5-6,8,10,24H,4,7,9H2,1H3,(H2,20,21,22,23)/t10-/m1/s1. The molecule has 0 fully saturated rings. The summed E-state index contributed by atoms with van der Waals surface area (Å²) in [5.74, 6) is -0.114. The molecule has 2 aromatic rings. The molecule has 0 spiro atoms. The van der Waals surface area contributed by atoms with Gasteiger partial charge in [0, 0.05) is 31.0 Å². The van der Waals surface area contributed by atoms with Crippen LogP contribution in [-0.4, -0.2) is 39.3 Å². The zero-order valence-corrected chi connectivity index (χ0v) is 13.0. The number of rotatable bonds is 7. The topological polar surface area (TPSA) is 83.0 Å². The van der Waals surface area contributed by atoms with Crippen molar-refractivity contribution in [2.24, 2.45) is 0 Å². The quantitative estimate of drug-likeness (QED) is 0.717. The maximum absolute atomic E-state index is 13.0. The highest BCUT2D eigenvalue weighted by Crippen LogP contribution is 2.29.